The Morgan fingerprint density at radius 3 is 2.50 bits per heavy atom. The maximum Gasteiger partial charge on any atom is 0.411 e. The van der Waals surface area contributed by atoms with E-state index in [1.165, 1.54) is 25.3 Å². The molecule has 0 aliphatic heterocycles. The summed E-state index contributed by atoms with van der Waals surface area (Å²) in [6.45, 7) is 5.61. The third kappa shape index (κ3) is 4.45. The number of nitrogens with one attached hydrogen (secondary N) is 2. The van der Waals surface area contributed by atoms with Crippen molar-refractivity contribution in [2.45, 2.75) is 25.7 Å². The molecule has 0 aromatic heterocycles. The number of carbonyl (C=O) groups excluding carboxylic acids is 1. The third-order valence-electron chi connectivity index (χ3n) is 3.84. The highest BCUT2D eigenvalue weighted by atomic mass is 32.2. The summed E-state index contributed by atoms with van der Waals surface area (Å²) >= 11 is 0. The number of carbonyl (C=O) groups is 1. The van der Waals surface area contributed by atoms with Gasteiger partial charge in [-0.05, 0) is 56.2 Å². The molecule has 140 valence electrons. The topological polar surface area (TPSA) is 93.7 Å². The first kappa shape index (κ1) is 19.6. The first-order chi connectivity index (χ1) is 12.3. The van der Waals surface area contributed by atoms with Crippen molar-refractivity contribution in [3.8, 4) is 5.75 Å². The maximum absolute atomic E-state index is 12.7. The van der Waals surface area contributed by atoms with E-state index in [0.717, 1.165) is 11.1 Å². The SMILES string of the molecule is CCOC(=O)Nc1cc(S(=O)(=O)Nc2cccc(C)c2C)ccc1OC. The van der Waals surface area contributed by atoms with Crippen molar-refractivity contribution in [2.75, 3.05) is 23.8 Å². The van der Waals surface area contributed by atoms with Crippen LogP contribution < -0.4 is 14.8 Å². The Morgan fingerprint density at radius 1 is 1.12 bits per heavy atom. The number of rotatable bonds is 6. The molecule has 0 unspecified atom stereocenters. The average Bonchev–Trinajstić information content (AvgIpc) is 2.59. The maximum atomic E-state index is 12.7. The van der Waals surface area contributed by atoms with Gasteiger partial charge in [0.25, 0.3) is 10.0 Å². The molecule has 0 bridgehead atoms. The second kappa shape index (κ2) is 8.09. The van der Waals surface area contributed by atoms with Gasteiger partial charge in [0, 0.05) is 0 Å². The molecule has 0 spiro atoms. The molecule has 0 radical (unpaired) electrons. The molecule has 0 fully saturated rings. The highest BCUT2D eigenvalue weighted by Gasteiger charge is 2.19. The van der Waals surface area contributed by atoms with Gasteiger partial charge < -0.3 is 9.47 Å². The van der Waals surface area contributed by atoms with Crippen LogP contribution in [0.3, 0.4) is 0 Å². The van der Waals surface area contributed by atoms with E-state index in [0.29, 0.717) is 11.4 Å². The second-order valence-corrected chi connectivity index (χ2v) is 7.24. The van der Waals surface area contributed by atoms with Gasteiger partial charge in [-0.3, -0.25) is 10.0 Å². The standard InChI is InChI=1S/C18H22N2O5S/c1-5-25-18(21)19-16-11-14(9-10-17(16)24-4)26(22,23)20-15-8-6-7-12(2)13(15)3/h6-11,20H,5H2,1-4H3,(H,19,21). The smallest absolute Gasteiger partial charge is 0.411 e. The van der Waals surface area contributed by atoms with Crippen LogP contribution in [0.25, 0.3) is 0 Å². The van der Waals surface area contributed by atoms with Crippen LogP contribution in [0.15, 0.2) is 41.3 Å². The Balaban J connectivity index is 2.37. The molecule has 8 heteroatoms. The van der Waals surface area contributed by atoms with E-state index in [1.54, 1.807) is 19.1 Å². The number of amides is 1. The monoisotopic (exact) mass is 378 g/mol. The number of anilines is 2. The molecule has 7 nitrogen and oxygen atoms in total. The zero-order chi connectivity index (χ0) is 19.3. The van der Waals surface area contributed by atoms with Crippen molar-refractivity contribution in [2.24, 2.45) is 0 Å². The number of ether oxygens (including phenoxy) is 2. The number of hydrogen-bond donors (Lipinski definition) is 2. The van der Waals surface area contributed by atoms with E-state index in [-0.39, 0.29) is 17.2 Å². The minimum Gasteiger partial charge on any atom is -0.495 e. The van der Waals surface area contributed by atoms with E-state index >= 15 is 0 Å². The zero-order valence-electron chi connectivity index (χ0n) is 15.1. The normalized spacial score (nSPS) is 10.9. The fourth-order valence-electron chi connectivity index (χ4n) is 2.29. The number of aryl methyl sites for hydroxylation is 1. The Morgan fingerprint density at radius 2 is 1.85 bits per heavy atom. The number of benzene rings is 2. The van der Waals surface area contributed by atoms with E-state index < -0.39 is 16.1 Å². The fourth-order valence-corrected chi connectivity index (χ4v) is 3.44. The average molecular weight is 378 g/mol. The molecule has 0 saturated carbocycles. The van der Waals surface area contributed by atoms with Crippen LogP contribution in [0.4, 0.5) is 16.2 Å². The van der Waals surface area contributed by atoms with Crippen molar-refractivity contribution in [1.82, 2.24) is 0 Å². The Hall–Kier alpha value is -2.74. The van der Waals surface area contributed by atoms with E-state index in [2.05, 4.69) is 10.0 Å². The van der Waals surface area contributed by atoms with Gasteiger partial charge in [0.05, 0.1) is 30.0 Å². The summed E-state index contributed by atoms with van der Waals surface area (Å²) in [7, 11) is -2.42. The van der Waals surface area contributed by atoms with Crippen LogP contribution in [-0.2, 0) is 14.8 Å². The van der Waals surface area contributed by atoms with Crippen LogP contribution in [0.5, 0.6) is 5.75 Å². The van der Waals surface area contributed by atoms with Gasteiger partial charge in [-0.1, -0.05) is 12.1 Å². The molecule has 2 N–H and O–H groups in total. The lowest BCUT2D eigenvalue weighted by Gasteiger charge is -2.14. The number of sulfonamides is 1. The Kier molecular flexibility index (Phi) is 6.10. The summed E-state index contributed by atoms with van der Waals surface area (Å²) in [5.41, 5.74) is 2.52. The predicted molar refractivity (Wildman–Crippen MR) is 100 cm³/mol. The summed E-state index contributed by atoms with van der Waals surface area (Å²) < 4.78 is 38.0. The Labute approximate surface area is 153 Å². The molecule has 26 heavy (non-hydrogen) atoms. The minimum atomic E-state index is -3.85. The number of hydrogen-bond acceptors (Lipinski definition) is 5. The van der Waals surface area contributed by atoms with Crippen LogP contribution in [0.1, 0.15) is 18.1 Å². The zero-order valence-corrected chi connectivity index (χ0v) is 15.9. The van der Waals surface area contributed by atoms with Gasteiger partial charge in [0.1, 0.15) is 5.75 Å². The highest BCUT2D eigenvalue weighted by molar-refractivity contribution is 7.92. The van der Waals surface area contributed by atoms with Crippen molar-refractivity contribution >= 4 is 27.5 Å². The lowest BCUT2D eigenvalue weighted by atomic mass is 10.1. The third-order valence-corrected chi connectivity index (χ3v) is 5.21. The van der Waals surface area contributed by atoms with Gasteiger partial charge >= 0.3 is 6.09 Å². The van der Waals surface area contributed by atoms with Crippen LogP contribution in [0.2, 0.25) is 0 Å². The van der Waals surface area contributed by atoms with Gasteiger partial charge in [0.15, 0.2) is 0 Å². The van der Waals surface area contributed by atoms with Gasteiger partial charge in [-0.15, -0.1) is 0 Å². The fraction of sp³-hybridized carbons (Fsp3) is 0.278. The number of methoxy groups -OCH3 is 1. The van der Waals surface area contributed by atoms with Crippen LogP contribution >= 0.6 is 0 Å². The molecule has 0 aliphatic rings. The van der Waals surface area contributed by atoms with Crippen molar-refractivity contribution < 1.29 is 22.7 Å². The molecule has 2 aromatic rings. The largest absolute Gasteiger partial charge is 0.495 e. The van der Waals surface area contributed by atoms with Crippen molar-refractivity contribution in [1.29, 1.82) is 0 Å². The Bertz CT molecular complexity index is 910. The minimum absolute atomic E-state index is 0.00833. The molecule has 1 amide bonds. The molecule has 0 atom stereocenters. The van der Waals surface area contributed by atoms with Gasteiger partial charge in [-0.2, -0.15) is 0 Å². The molecule has 2 rings (SSSR count). The molecule has 0 heterocycles. The molecular formula is C18H22N2O5S. The molecule has 0 saturated heterocycles. The first-order valence-corrected chi connectivity index (χ1v) is 9.47. The molecular weight excluding hydrogens is 356 g/mol. The molecule has 2 aromatic carbocycles. The summed E-state index contributed by atoms with van der Waals surface area (Å²) in [5, 5.41) is 2.48. The lowest BCUT2D eigenvalue weighted by molar-refractivity contribution is 0.168. The first-order valence-electron chi connectivity index (χ1n) is 7.99. The van der Waals surface area contributed by atoms with Crippen LogP contribution in [0, 0.1) is 13.8 Å². The lowest BCUT2D eigenvalue weighted by Crippen LogP contribution is -2.17. The summed E-state index contributed by atoms with van der Waals surface area (Å²) in [6.07, 6.45) is -0.692. The van der Waals surface area contributed by atoms with Crippen LogP contribution in [-0.4, -0.2) is 28.2 Å². The van der Waals surface area contributed by atoms with E-state index in [1.807, 2.05) is 19.9 Å². The van der Waals surface area contributed by atoms with Gasteiger partial charge in [-0.25, -0.2) is 13.2 Å². The quantitative estimate of drug-likeness (QED) is 0.800. The van der Waals surface area contributed by atoms with Gasteiger partial charge in [0.2, 0.25) is 0 Å². The summed E-state index contributed by atoms with van der Waals surface area (Å²) in [6, 6.07) is 9.58. The summed E-state index contributed by atoms with van der Waals surface area (Å²) in [4.78, 5) is 11.7. The molecule has 0 aliphatic carbocycles. The van der Waals surface area contributed by atoms with E-state index in [9.17, 15) is 13.2 Å². The van der Waals surface area contributed by atoms with Crippen molar-refractivity contribution in [3.63, 3.8) is 0 Å². The van der Waals surface area contributed by atoms with Crippen molar-refractivity contribution in [3.05, 3.63) is 47.5 Å². The predicted octanol–water partition coefficient (Wildman–Crippen LogP) is 3.68. The van der Waals surface area contributed by atoms with E-state index in [4.69, 9.17) is 9.47 Å². The second-order valence-electron chi connectivity index (χ2n) is 5.56. The highest BCUT2D eigenvalue weighted by Crippen LogP contribution is 2.29. The summed E-state index contributed by atoms with van der Waals surface area (Å²) in [5.74, 6) is 0.323.